The highest BCUT2D eigenvalue weighted by molar-refractivity contribution is 7.42. The summed E-state index contributed by atoms with van der Waals surface area (Å²) in [4.78, 5) is 0. The molecule has 0 aromatic heterocycles. The van der Waals surface area contributed by atoms with Crippen molar-refractivity contribution in [1.29, 1.82) is 0 Å². The minimum Gasteiger partial charge on any atom is -0.426 e. The Balaban J connectivity index is 1.47. The van der Waals surface area contributed by atoms with Gasteiger partial charge in [-0.3, -0.25) is 0 Å². The Morgan fingerprint density at radius 1 is 0.568 bits per heavy atom. The first-order valence-electron chi connectivity index (χ1n) is 15.9. The second-order valence-corrected chi connectivity index (χ2v) is 18.9. The largest absolute Gasteiger partial charge is 0.426 e. The number of aryl methyl sites for hydroxylation is 2. The summed E-state index contributed by atoms with van der Waals surface area (Å²) in [6, 6.07) is 8.94. The van der Waals surface area contributed by atoms with Crippen molar-refractivity contribution in [3.63, 3.8) is 0 Å². The SMILES string of the molecule is CCC(C)(C)c1cc(C)cc(C(C)(C)C)c1OP1OCC2(COP(Oc3c(C(C)(C)C)cc(C)cc3C(C)(C)C)OC2)CO1. The van der Waals surface area contributed by atoms with Gasteiger partial charge in [-0.25, -0.2) is 0 Å². The van der Waals surface area contributed by atoms with Gasteiger partial charge in [0.15, 0.2) is 0 Å². The normalized spacial score (nSPS) is 23.6. The monoisotopic (exact) mass is 646 g/mol. The van der Waals surface area contributed by atoms with Gasteiger partial charge in [0.1, 0.15) is 11.5 Å². The molecule has 0 bridgehead atoms. The van der Waals surface area contributed by atoms with E-state index < -0.39 is 22.6 Å². The molecule has 0 amide bonds. The van der Waals surface area contributed by atoms with Crippen molar-refractivity contribution in [1.82, 2.24) is 0 Å². The maximum absolute atomic E-state index is 6.64. The van der Waals surface area contributed by atoms with E-state index >= 15 is 0 Å². The van der Waals surface area contributed by atoms with Gasteiger partial charge in [0.05, 0.1) is 31.8 Å². The van der Waals surface area contributed by atoms with Crippen LogP contribution in [0.1, 0.15) is 123 Å². The van der Waals surface area contributed by atoms with Gasteiger partial charge in [0.25, 0.3) is 0 Å². The summed E-state index contributed by atoms with van der Waals surface area (Å²) in [6.45, 7) is 32.8. The van der Waals surface area contributed by atoms with Gasteiger partial charge in [-0.1, -0.05) is 118 Å². The maximum atomic E-state index is 6.64. The van der Waals surface area contributed by atoms with Crippen LogP contribution in [0.5, 0.6) is 11.5 Å². The summed E-state index contributed by atoms with van der Waals surface area (Å²) in [6.07, 6.45) is 0.996. The summed E-state index contributed by atoms with van der Waals surface area (Å²) in [5.41, 5.74) is 6.46. The number of rotatable bonds is 6. The molecule has 2 saturated heterocycles. The second-order valence-electron chi connectivity index (χ2n) is 16.6. The van der Waals surface area contributed by atoms with E-state index in [0.717, 1.165) is 17.9 Å². The number of hydrogen-bond donors (Lipinski definition) is 0. The van der Waals surface area contributed by atoms with Crippen LogP contribution in [-0.4, -0.2) is 26.4 Å². The van der Waals surface area contributed by atoms with Gasteiger partial charge in [0, 0.05) is 22.3 Å². The van der Waals surface area contributed by atoms with Crippen LogP contribution in [0, 0.1) is 19.3 Å². The Labute approximate surface area is 269 Å². The van der Waals surface area contributed by atoms with Crippen LogP contribution in [0.3, 0.4) is 0 Å². The number of benzene rings is 2. The van der Waals surface area contributed by atoms with Gasteiger partial charge in [0.2, 0.25) is 0 Å². The lowest BCUT2D eigenvalue weighted by molar-refractivity contribution is -0.0674. The first kappa shape index (κ1) is 35.6. The topological polar surface area (TPSA) is 55.4 Å². The fourth-order valence-corrected chi connectivity index (χ4v) is 8.01. The Bertz CT molecular complexity index is 1280. The van der Waals surface area contributed by atoms with Crippen LogP contribution < -0.4 is 9.05 Å². The minimum atomic E-state index is -1.57. The molecule has 2 aromatic rings. The summed E-state index contributed by atoms with van der Waals surface area (Å²) >= 11 is 0. The molecular weight excluding hydrogens is 590 g/mol. The van der Waals surface area contributed by atoms with Crippen molar-refractivity contribution in [3.05, 3.63) is 57.6 Å². The van der Waals surface area contributed by atoms with Crippen LogP contribution in [-0.2, 0) is 39.8 Å². The fourth-order valence-electron chi connectivity index (χ4n) is 5.45. The average molecular weight is 647 g/mol. The molecule has 6 nitrogen and oxygen atoms in total. The highest BCUT2D eigenvalue weighted by Gasteiger charge is 2.46. The van der Waals surface area contributed by atoms with Crippen LogP contribution in [0.15, 0.2) is 24.3 Å². The van der Waals surface area contributed by atoms with Crippen molar-refractivity contribution in [2.45, 2.75) is 125 Å². The van der Waals surface area contributed by atoms with Crippen molar-refractivity contribution < 1.29 is 27.1 Å². The molecule has 2 aromatic carbocycles. The molecule has 1 spiro atoms. The van der Waals surface area contributed by atoms with E-state index in [1.165, 1.54) is 33.4 Å². The molecule has 2 heterocycles. The van der Waals surface area contributed by atoms with E-state index in [1.807, 2.05) is 0 Å². The van der Waals surface area contributed by atoms with Gasteiger partial charge in [-0.2, -0.15) is 0 Å². The van der Waals surface area contributed by atoms with Crippen molar-refractivity contribution >= 4 is 17.2 Å². The zero-order valence-electron chi connectivity index (χ0n) is 29.7. The zero-order valence-corrected chi connectivity index (χ0v) is 31.5. The van der Waals surface area contributed by atoms with Gasteiger partial charge in [-0.05, 0) is 41.9 Å². The molecule has 0 radical (unpaired) electrons. The Morgan fingerprint density at radius 3 is 1.16 bits per heavy atom. The van der Waals surface area contributed by atoms with E-state index in [0.29, 0.717) is 26.4 Å². The van der Waals surface area contributed by atoms with E-state index in [-0.39, 0.29) is 21.7 Å². The molecule has 0 aliphatic carbocycles. The quantitative estimate of drug-likeness (QED) is 0.291. The lowest BCUT2D eigenvalue weighted by Crippen LogP contribution is -2.45. The third kappa shape index (κ3) is 7.99. The molecule has 2 fully saturated rings. The number of hydrogen-bond acceptors (Lipinski definition) is 6. The zero-order chi connectivity index (χ0) is 32.9. The molecule has 0 atom stereocenters. The maximum Gasteiger partial charge on any atom is 0.397 e. The van der Waals surface area contributed by atoms with E-state index in [1.54, 1.807) is 0 Å². The molecule has 0 saturated carbocycles. The highest BCUT2D eigenvalue weighted by atomic mass is 31.2. The predicted octanol–water partition coefficient (Wildman–Crippen LogP) is 10.9. The van der Waals surface area contributed by atoms with E-state index in [9.17, 15) is 0 Å². The molecule has 2 aliphatic rings. The summed E-state index contributed by atoms with van der Waals surface area (Å²) < 4.78 is 38.4. The fraction of sp³-hybridized carbons (Fsp3) is 0.667. The van der Waals surface area contributed by atoms with Gasteiger partial charge < -0.3 is 27.1 Å². The minimum absolute atomic E-state index is 0.0485. The lowest BCUT2D eigenvalue weighted by Gasteiger charge is -2.42. The molecule has 246 valence electrons. The van der Waals surface area contributed by atoms with E-state index in [2.05, 4.69) is 121 Å². The highest BCUT2D eigenvalue weighted by Crippen LogP contribution is 2.56. The van der Waals surface area contributed by atoms with Crippen LogP contribution in [0.4, 0.5) is 0 Å². The molecule has 4 rings (SSSR count). The summed E-state index contributed by atoms with van der Waals surface area (Å²) in [5.74, 6) is 1.77. The molecule has 44 heavy (non-hydrogen) atoms. The van der Waals surface area contributed by atoms with Crippen molar-refractivity contribution in [3.8, 4) is 11.5 Å². The predicted molar refractivity (Wildman–Crippen MR) is 183 cm³/mol. The van der Waals surface area contributed by atoms with Crippen molar-refractivity contribution in [2.75, 3.05) is 26.4 Å². The first-order valence-corrected chi connectivity index (χ1v) is 18.1. The van der Waals surface area contributed by atoms with E-state index in [4.69, 9.17) is 27.1 Å². The van der Waals surface area contributed by atoms with Gasteiger partial charge >= 0.3 is 17.2 Å². The smallest absolute Gasteiger partial charge is 0.397 e. The molecular formula is C36H56O6P2. The summed E-state index contributed by atoms with van der Waals surface area (Å²) in [5, 5.41) is 0. The van der Waals surface area contributed by atoms with Crippen molar-refractivity contribution in [2.24, 2.45) is 5.41 Å². The van der Waals surface area contributed by atoms with Crippen LogP contribution in [0.25, 0.3) is 0 Å². The van der Waals surface area contributed by atoms with Crippen LogP contribution in [0.2, 0.25) is 0 Å². The molecule has 0 N–H and O–H groups in total. The Hall–Kier alpha value is -1.26. The Kier molecular flexibility index (Phi) is 10.3. The first-order chi connectivity index (χ1) is 20.1. The lowest BCUT2D eigenvalue weighted by atomic mass is 9.76. The Morgan fingerprint density at radius 2 is 0.864 bits per heavy atom. The third-order valence-corrected chi connectivity index (χ3v) is 10.8. The molecule has 0 unspecified atom stereocenters. The van der Waals surface area contributed by atoms with Crippen LogP contribution >= 0.6 is 17.2 Å². The molecule has 8 heteroatoms. The second kappa shape index (κ2) is 12.7. The molecule has 2 aliphatic heterocycles. The standard InChI is InChI=1S/C36H56O6P2/c1-15-35(13,14)29-19-25(3)18-28(34(10,11)12)31(29)42-44-39-22-36(23-40-44)20-37-43(38-21-36)41-30-26(32(4,5)6)16-24(2)17-27(30)33(7,8)9/h16-19H,15,20-23H2,1-14H3. The summed E-state index contributed by atoms with van der Waals surface area (Å²) in [7, 11) is -3.13. The van der Waals surface area contributed by atoms with Gasteiger partial charge in [-0.15, -0.1) is 0 Å². The average Bonchev–Trinajstić information content (AvgIpc) is 2.91. The third-order valence-electron chi connectivity index (χ3n) is 8.74.